The van der Waals surface area contributed by atoms with Crippen LogP contribution < -0.4 is 5.32 Å². The second-order valence-electron chi connectivity index (χ2n) is 4.94. The summed E-state index contributed by atoms with van der Waals surface area (Å²) in [7, 11) is 0. The summed E-state index contributed by atoms with van der Waals surface area (Å²) in [5.41, 5.74) is 5.64. The molecular formula is C17H19N. The zero-order chi connectivity index (χ0) is 12.4. The number of hydrogen-bond donors (Lipinski definition) is 1. The fourth-order valence-corrected chi connectivity index (χ4v) is 2.81. The third kappa shape index (κ3) is 2.06. The van der Waals surface area contributed by atoms with Crippen molar-refractivity contribution in [2.45, 2.75) is 25.8 Å². The second kappa shape index (κ2) is 4.95. The molecule has 0 fully saturated rings. The molecule has 0 radical (unpaired) electrons. The van der Waals surface area contributed by atoms with Gasteiger partial charge in [-0.1, -0.05) is 49.4 Å². The standard InChI is InChI=1S/C17H19N/c1-2-17-16-12-15(13-6-4-3-5-7-13)9-8-14(16)10-11-18-17/h3-9,12,17-18H,2,10-11H2,1H3. The van der Waals surface area contributed by atoms with Crippen LogP contribution >= 0.6 is 0 Å². The van der Waals surface area contributed by atoms with Crippen molar-refractivity contribution >= 4 is 0 Å². The Balaban J connectivity index is 2.04. The summed E-state index contributed by atoms with van der Waals surface area (Å²) in [5.74, 6) is 0. The molecule has 0 amide bonds. The van der Waals surface area contributed by atoms with Crippen molar-refractivity contribution in [1.82, 2.24) is 5.32 Å². The van der Waals surface area contributed by atoms with Gasteiger partial charge in [0.15, 0.2) is 0 Å². The van der Waals surface area contributed by atoms with Crippen LogP contribution in [0.3, 0.4) is 0 Å². The molecule has 0 spiro atoms. The van der Waals surface area contributed by atoms with Crippen molar-refractivity contribution in [3.8, 4) is 11.1 Å². The third-order valence-corrected chi connectivity index (χ3v) is 3.82. The average Bonchev–Trinajstić information content (AvgIpc) is 2.47. The van der Waals surface area contributed by atoms with Crippen molar-refractivity contribution in [1.29, 1.82) is 0 Å². The molecule has 1 nitrogen and oxygen atoms in total. The molecule has 0 saturated carbocycles. The SMILES string of the molecule is CCC1NCCc2ccc(-c3ccccc3)cc21. The largest absolute Gasteiger partial charge is 0.310 e. The first-order valence-corrected chi connectivity index (χ1v) is 6.80. The lowest BCUT2D eigenvalue weighted by Gasteiger charge is -2.26. The molecule has 2 aromatic rings. The normalized spacial score (nSPS) is 18.4. The van der Waals surface area contributed by atoms with Gasteiger partial charge in [-0.15, -0.1) is 0 Å². The van der Waals surface area contributed by atoms with Crippen LogP contribution in [0.1, 0.15) is 30.5 Å². The predicted octanol–water partition coefficient (Wildman–Crippen LogP) is 3.95. The molecule has 1 atom stereocenters. The van der Waals surface area contributed by atoms with Crippen molar-refractivity contribution < 1.29 is 0 Å². The van der Waals surface area contributed by atoms with Gasteiger partial charge >= 0.3 is 0 Å². The van der Waals surface area contributed by atoms with E-state index in [1.165, 1.54) is 22.3 Å². The molecule has 18 heavy (non-hydrogen) atoms. The minimum Gasteiger partial charge on any atom is -0.310 e. The van der Waals surface area contributed by atoms with Crippen LogP contribution in [0, 0.1) is 0 Å². The minimum atomic E-state index is 0.525. The van der Waals surface area contributed by atoms with E-state index in [1.807, 2.05) is 0 Å². The summed E-state index contributed by atoms with van der Waals surface area (Å²) in [4.78, 5) is 0. The summed E-state index contributed by atoms with van der Waals surface area (Å²) >= 11 is 0. The molecule has 2 aromatic carbocycles. The maximum atomic E-state index is 3.60. The third-order valence-electron chi connectivity index (χ3n) is 3.82. The summed E-state index contributed by atoms with van der Waals surface area (Å²) in [6.07, 6.45) is 2.31. The van der Waals surface area contributed by atoms with Gasteiger partial charge < -0.3 is 5.32 Å². The molecule has 3 rings (SSSR count). The molecule has 0 bridgehead atoms. The van der Waals surface area contributed by atoms with E-state index in [-0.39, 0.29) is 0 Å². The summed E-state index contributed by atoms with van der Waals surface area (Å²) in [6, 6.07) is 18.1. The molecule has 92 valence electrons. The number of fused-ring (bicyclic) bond motifs is 1. The fraction of sp³-hybridized carbons (Fsp3) is 0.294. The van der Waals surface area contributed by atoms with Gasteiger partial charge in [-0.25, -0.2) is 0 Å². The highest BCUT2D eigenvalue weighted by atomic mass is 14.9. The van der Waals surface area contributed by atoms with Crippen LogP contribution in [0.15, 0.2) is 48.5 Å². The molecule has 1 aliphatic heterocycles. The van der Waals surface area contributed by atoms with Crippen LogP contribution in [-0.2, 0) is 6.42 Å². The average molecular weight is 237 g/mol. The van der Waals surface area contributed by atoms with Crippen LogP contribution in [0.2, 0.25) is 0 Å². The highest BCUT2D eigenvalue weighted by molar-refractivity contribution is 5.65. The van der Waals surface area contributed by atoms with Crippen LogP contribution in [0.25, 0.3) is 11.1 Å². The Bertz CT molecular complexity index is 531. The molecular weight excluding hydrogens is 218 g/mol. The van der Waals surface area contributed by atoms with Gasteiger partial charge in [0.25, 0.3) is 0 Å². The smallest absolute Gasteiger partial charge is 0.0320 e. The van der Waals surface area contributed by atoms with E-state index in [0.717, 1.165) is 19.4 Å². The van der Waals surface area contributed by atoms with Crippen molar-refractivity contribution in [3.63, 3.8) is 0 Å². The van der Waals surface area contributed by atoms with E-state index < -0.39 is 0 Å². The lowest BCUT2D eigenvalue weighted by Crippen LogP contribution is -2.29. The first-order chi connectivity index (χ1) is 8.88. The van der Waals surface area contributed by atoms with Gasteiger partial charge in [0.1, 0.15) is 0 Å². The van der Waals surface area contributed by atoms with E-state index >= 15 is 0 Å². The molecule has 1 heterocycles. The lowest BCUT2D eigenvalue weighted by atomic mass is 9.90. The van der Waals surface area contributed by atoms with E-state index in [2.05, 4.69) is 60.8 Å². The second-order valence-corrected chi connectivity index (χ2v) is 4.94. The molecule has 0 aliphatic carbocycles. The molecule has 1 heteroatoms. The molecule has 0 saturated heterocycles. The van der Waals surface area contributed by atoms with E-state index in [4.69, 9.17) is 0 Å². The Morgan fingerprint density at radius 2 is 1.89 bits per heavy atom. The van der Waals surface area contributed by atoms with Gasteiger partial charge in [0.2, 0.25) is 0 Å². The zero-order valence-electron chi connectivity index (χ0n) is 10.8. The Kier molecular flexibility index (Phi) is 3.16. The quantitative estimate of drug-likeness (QED) is 0.834. The molecule has 1 unspecified atom stereocenters. The summed E-state index contributed by atoms with van der Waals surface area (Å²) in [6.45, 7) is 3.36. The first-order valence-electron chi connectivity index (χ1n) is 6.80. The number of rotatable bonds is 2. The maximum Gasteiger partial charge on any atom is 0.0320 e. The first kappa shape index (κ1) is 11.5. The van der Waals surface area contributed by atoms with E-state index in [9.17, 15) is 0 Å². The molecule has 0 aromatic heterocycles. The number of nitrogens with one attached hydrogen (secondary N) is 1. The van der Waals surface area contributed by atoms with Gasteiger partial charge in [0.05, 0.1) is 0 Å². The Hall–Kier alpha value is -1.60. The fourth-order valence-electron chi connectivity index (χ4n) is 2.81. The van der Waals surface area contributed by atoms with Crippen molar-refractivity contribution in [3.05, 3.63) is 59.7 Å². The maximum absolute atomic E-state index is 3.60. The van der Waals surface area contributed by atoms with Gasteiger partial charge in [0, 0.05) is 6.04 Å². The number of hydrogen-bond acceptors (Lipinski definition) is 1. The predicted molar refractivity (Wildman–Crippen MR) is 76.6 cm³/mol. The topological polar surface area (TPSA) is 12.0 Å². The summed E-state index contributed by atoms with van der Waals surface area (Å²) in [5, 5.41) is 3.60. The van der Waals surface area contributed by atoms with Crippen LogP contribution in [0.5, 0.6) is 0 Å². The van der Waals surface area contributed by atoms with Crippen LogP contribution in [-0.4, -0.2) is 6.54 Å². The van der Waals surface area contributed by atoms with E-state index in [0.29, 0.717) is 6.04 Å². The Morgan fingerprint density at radius 3 is 2.67 bits per heavy atom. The highest BCUT2D eigenvalue weighted by Crippen LogP contribution is 2.30. The van der Waals surface area contributed by atoms with Gasteiger partial charge in [-0.05, 0) is 47.7 Å². The van der Waals surface area contributed by atoms with Crippen molar-refractivity contribution in [2.75, 3.05) is 6.54 Å². The summed E-state index contributed by atoms with van der Waals surface area (Å²) < 4.78 is 0. The minimum absolute atomic E-state index is 0.525. The van der Waals surface area contributed by atoms with Gasteiger partial charge in [-0.2, -0.15) is 0 Å². The Morgan fingerprint density at radius 1 is 1.06 bits per heavy atom. The number of benzene rings is 2. The highest BCUT2D eigenvalue weighted by Gasteiger charge is 2.18. The zero-order valence-corrected chi connectivity index (χ0v) is 10.8. The van der Waals surface area contributed by atoms with E-state index in [1.54, 1.807) is 0 Å². The van der Waals surface area contributed by atoms with Gasteiger partial charge in [-0.3, -0.25) is 0 Å². The molecule has 1 N–H and O–H groups in total. The van der Waals surface area contributed by atoms with Crippen molar-refractivity contribution in [2.24, 2.45) is 0 Å². The lowest BCUT2D eigenvalue weighted by molar-refractivity contribution is 0.493. The Labute approximate surface area is 109 Å². The van der Waals surface area contributed by atoms with Crippen LogP contribution in [0.4, 0.5) is 0 Å². The monoisotopic (exact) mass is 237 g/mol. The molecule has 1 aliphatic rings.